The smallest absolute Gasteiger partial charge is 0.252 e. The lowest BCUT2D eigenvalue weighted by atomic mass is 9.98. The maximum absolute atomic E-state index is 13.9. The lowest BCUT2D eigenvalue weighted by Crippen LogP contribution is -2.46. The molecule has 3 aromatic heterocycles. The SMILES string of the molecule is COc1cccc2sc(N(Cc3ccccn3)C(=O)C3CCCN(S(=O)(=O)c4cccs4)C3)nc12. The number of benzene rings is 1. The van der Waals surface area contributed by atoms with Crippen molar-refractivity contribution in [2.75, 3.05) is 25.1 Å². The topological polar surface area (TPSA) is 92.7 Å². The Morgan fingerprint density at radius 2 is 2.09 bits per heavy atom. The molecule has 1 fully saturated rings. The second kappa shape index (κ2) is 10.0. The minimum Gasteiger partial charge on any atom is -0.494 e. The van der Waals surface area contributed by atoms with Gasteiger partial charge in [-0.15, -0.1) is 11.3 Å². The molecule has 182 valence electrons. The summed E-state index contributed by atoms with van der Waals surface area (Å²) in [6.07, 6.45) is 2.92. The molecule has 1 aliphatic rings. The molecule has 1 atom stereocenters. The average molecular weight is 529 g/mol. The fourth-order valence-corrected chi connectivity index (χ4v) is 7.86. The summed E-state index contributed by atoms with van der Waals surface area (Å²) in [7, 11) is -2.03. The number of sulfonamides is 1. The summed E-state index contributed by atoms with van der Waals surface area (Å²) < 4.78 is 34.3. The van der Waals surface area contributed by atoms with Crippen LogP contribution in [0.3, 0.4) is 0 Å². The van der Waals surface area contributed by atoms with Gasteiger partial charge in [0.05, 0.1) is 30.0 Å². The maximum Gasteiger partial charge on any atom is 0.252 e. The molecule has 0 bridgehead atoms. The van der Waals surface area contributed by atoms with E-state index in [0.29, 0.717) is 40.0 Å². The zero-order chi connectivity index (χ0) is 24.4. The zero-order valence-electron chi connectivity index (χ0n) is 19.0. The summed E-state index contributed by atoms with van der Waals surface area (Å²) in [6.45, 7) is 0.796. The number of fused-ring (bicyclic) bond motifs is 1. The minimum absolute atomic E-state index is 0.145. The lowest BCUT2D eigenvalue weighted by Gasteiger charge is -2.33. The number of methoxy groups -OCH3 is 1. The normalized spacial score (nSPS) is 16.9. The summed E-state index contributed by atoms with van der Waals surface area (Å²) in [5.41, 5.74) is 1.42. The van der Waals surface area contributed by atoms with Gasteiger partial charge in [0, 0.05) is 19.3 Å². The Balaban J connectivity index is 1.47. The van der Waals surface area contributed by atoms with Gasteiger partial charge in [0.15, 0.2) is 5.13 Å². The van der Waals surface area contributed by atoms with Gasteiger partial charge in [-0.25, -0.2) is 13.4 Å². The molecule has 1 unspecified atom stereocenters. The van der Waals surface area contributed by atoms with Crippen LogP contribution in [-0.2, 0) is 21.4 Å². The first-order chi connectivity index (χ1) is 17.0. The molecule has 1 aliphatic heterocycles. The van der Waals surface area contributed by atoms with Crippen LogP contribution >= 0.6 is 22.7 Å². The maximum atomic E-state index is 13.9. The highest BCUT2D eigenvalue weighted by atomic mass is 32.2. The van der Waals surface area contributed by atoms with Crippen LogP contribution in [0.2, 0.25) is 0 Å². The van der Waals surface area contributed by atoms with Crippen molar-refractivity contribution in [3.05, 3.63) is 65.8 Å². The number of nitrogens with zero attached hydrogens (tertiary/aromatic N) is 4. The number of hydrogen-bond acceptors (Lipinski definition) is 8. The third-order valence-electron chi connectivity index (χ3n) is 5.96. The molecule has 8 nitrogen and oxygen atoms in total. The molecule has 1 aromatic carbocycles. The van der Waals surface area contributed by atoms with E-state index >= 15 is 0 Å². The Bertz CT molecular complexity index is 1420. The van der Waals surface area contributed by atoms with Crippen molar-refractivity contribution in [2.45, 2.75) is 23.6 Å². The number of ether oxygens (including phenoxy) is 1. The molecule has 35 heavy (non-hydrogen) atoms. The number of thiazole rings is 1. The number of amides is 1. The standard InChI is InChI=1S/C24H24N4O4S3/c1-32-19-9-4-10-20-22(19)26-24(34-20)28(16-18-8-2-3-12-25-18)23(29)17-7-5-13-27(15-17)35(30,31)21-11-6-14-33-21/h2-4,6,8-12,14,17H,5,7,13,15-16H2,1H3. The number of thiophene rings is 1. The molecular weight excluding hydrogens is 504 g/mol. The number of aromatic nitrogens is 2. The predicted molar refractivity (Wildman–Crippen MR) is 137 cm³/mol. The van der Waals surface area contributed by atoms with Crippen LogP contribution in [0.5, 0.6) is 5.75 Å². The fraction of sp³-hybridized carbons (Fsp3) is 0.292. The number of rotatable bonds is 7. The Kier molecular flexibility index (Phi) is 6.83. The minimum atomic E-state index is -3.62. The number of anilines is 1. The summed E-state index contributed by atoms with van der Waals surface area (Å²) >= 11 is 2.60. The quantitative estimate of drug-likeness (QED) is 0.353. The first-order valence-corrected chi connectivity index (χ1v) is 14.3. The first kappa shape index (κ1) is 23.9. The highest BCUT2D eigenvalue weighted by Gasteiger charge is 2.36. The molecule has 4 aromatic rings. The molecule has 1 amide bonds. The van der Waals surface area contributed by atoms with Crippen molar-refractivity contribution >= 4 is 54.0 Å². The highest BCUT2D eigenvalue weighted by Crippen LogP contribution is 2.36. The van der Waals surface area contributed by atoms with Crippen LogP contribution in [-0.4, -0.2) is 48.8 Å². The van der Waals surface area contributed by atoms with Crippen molar-refractivity contribution in [1.29, 1.82) is 0 Å². The second-order valence-electron chi connectivity index (χ2n) is 8.18. The van der Waals surface area contributed by atoms with Crippen LogP contribution in [0.1, 0.15) is 18.5 Å². The zero-order valence-corrected chi connectivity index (χ0v) is 21.5. The van der Waals surface area contributed by atoms with Crippen molar-refractivity contribution in [1.82, 2.24) is 14.3 Å². The summed E-state index contributed by atoms with van der Waals surface area (Å²) in [4.78, 5) is 24.7. The Labute approximate surface area is 211 Å². The average Bonchev–Trinajstić information content (AvgIpc) is 3.58. The van der Waals surface area contributed by atoms with Crippen molar-refractivity contribution in [3.8, 4) is 5.75 Å². The predicted octanol–water partition coefficient (Wildman–Crippen LogP) is 4.40. The number of piperidine rings is 1. The summed E-state index contributed by atoms with van der Waals surface area (Å²) in [5.74, 6) is 0.0111. The number of carbonyl (C=O) groups excluding carboxylic acids is 1. The molecule has 0 N–H and O–H groups in total. The second-order valence-corrected chi connectivity index (χ2v) is 12.3. The number of carbonyl (C=O) groups is 1. The third kappa shape index (κ3) is 4.81. The van der Waals surface area contributed by atoms with Gasteiger partial charge < -0.3 is 4.74 Å². The molecule has 0 spiro atoms. The van der Waals surface area contributed by atoms with E-state index < -0.39 is 15.9 Å². The van der Waals surface area contributed by atoms with Crippen molar-refractivity contribution < 1.29 is 17.9 Å². The van der Waals surface area contributed by atoms with Gasteiger partial charge in [-0.1, -0.05) is 29.5 Å². The van der Waals surface area contributed by atoms with E-state index in [1.54, 1.807) is 35.7 Å². The molecular formula is C24H24N4O4S3. The van der Waals surface area contributed by atoms with Gasteiger partial charge in [-0.3, -0.25) is 14.7 Å². The summed E-state index contributed by atoms with van der Waals surface area (Å²) in [6, 6.07) is 14.6. The largest absolute Gasteiger partial charge is 0.494 e. The van der Waals surface area contributed by atoms with Crippen LogP contribution in [0.15, 0.2) is 64.3 Å². The van der Waals surface area contributed by atoms with Gasteiger partial charge >= 0.3 is 0 Å². The van der Waals surface area contributed by atoms with E-state index in [1.807, 2.05) is 36.4 Å². The highest BCUT2D eigenvalue weighted by molar-refractivity contribution is 7.91. The molecule has 1 saturated heterocycles. The summed E-state index contributed by atoms with van der Waals surface area (Å²) in [5, 5.41) is 2.29. The van der Waals surface area contributed by atoms with Crippen LogP contribution in [0, 0.1) is 5.92 Å². The van der Waals surface area contributed by atoms with E-state index in [0.717, 1.165) is 10.4 Å². The van der Waals surface area contributed by atoms with Crippen molar-refractivity contribution in [2.24, 2.45) is 5.92 Å². The Morgan fingerprint density at radius 3 is 2.83 bits per heavy atom. The van der Waals surface area contributed by atoms with Gasteiger partial charge in [0.1, 0.15) is 15.5 Å². The number of hydrogen-bond donors (Lipinski definition) is 0. The van der Waals surface area contributed by atoms with E-state index in [4.69, 9.17) is 9.72 Å². The Morgan fingerprint density at radius 1 is 1.20 bits per heavy atom. The number of pyridine rings is 1. The third-order valence-corrected chi connectivity index (χ3v) is 10.2. The molecule has 4 heterocycles. The van der Waals surface area contributed by atoms with Crippen LogP contribution in [0.25, 0.3) is 10.2 Å². The Hall–Kier alpha value is -2.86. The monoisotopic (exact) mass is 528 g/mol. The van der Waals surface area contributed by atoms with Crippen molar-refractivity contribution in [3.63, 3.8) is 0 Å². The molecule has 0 saturated carbocycles. The van der Waals surface area contributed by atoms with E-state index in [1.165, 1.54) is 27.0 Å². The molecule has 0 radical (unpaired) electrons. The number of para-hydroxylation sites is 1. The van der Waals surface area contributed by atoms with Crippen LogP contribution in [0.4, 0.5) is 5.13 Å². The molecule has 5 rings (SSSR count). The molecule has 0 aliphatic carbocycles. The first-order valence-electron chi connectivity index (χ1n) is 11.2. The van der Waals surface area contributed by atoms with Gasteiger partial charge in [-0.2, -0.15) is 4.31 Å². The van der Waals surface area contributed by atoms with E-state index in [-0.39, 0.29) is 19.0 Å². The van der Waals surface area contributed by atoms with Gasteiger partial charge in [0.2, 0.25) is 5.91 Å². The molecule has 11 heteroatoms. The van der Waals surface area contributed by atoms with Crippen LogP contribution < -0.4 is 9.64 Å². The van der Waals surface area contributed by atoms with Gasteiger partial charge in [0.25, 0.3) is 10.0 Å². The van der Waals surface area contributed by atoms with Gasteiger partial charge in [-0.05, 0) is 48.6 Å². The lowest BCUT2D eigenvalue weighted by molar-refractivity contribution is -0.123. The fourth-order valence-electron chi connectivity index (χ4n) is 4.21. The van der Waals surface area contributed by atoms with E-state index in [9.17, 15) is 13.2 Å². The van der Waals surface area contributed by atoms with E-state index in [2.05, 4.69) is 4.98 Å².